The molecule has 114 valence electrons. The number of hydrogen-bond donors (Lipinski definition) is 1. The van der Waals surface area contributed by atoms with Gasteiger partial charge in [-0.3, -0.25) is 4.90 Å². The molecule has 0 saturated carbocycles. The molecule has 2 atom stereocenters. The van der Waals surface area contributed by atoms with Gasteiger partial charge in [0.05, 0.1) is 13.2 Å². The summed E-state index contributed by atoms with van der Waals surface area (Å²) < 4.78 is 10.4. The van der Waals surface area contributed by atoms with Crippen molar-refractivity contribution < 1.29 is 9.47 Å². The van der Waals surface area contributed by atoms with Gasteiger partial charge in [0.1, 0.15) is 0 Å². The Hall–Kier alpha value is -0.940. The average molecular weight is 280 g/mol. The number of nitrogens with zero attached hydrogens (tertiary/aromatic N) is 1. The van der Waals surface area contributed by atoms with Gasteiger partial charge in [-0.25, -0.2) is 0 Å². The standard InChI is InChI=1S/C16H28N2O2/c1-14(13-20-3)18(9-10-19-2)12-16(17)11-15-7-5-4-6-8-15/h4-8,14,16H,9-13,17H2,1-3H3. The maximum absolute atomic E-state index is 6.29. The molecular weight excluding hydrogens is 252 g/mol. The lowest BCUT2D eigenvalue weighted by Gasteiger charge is -2.30. The van der Waals surface area contributed by atoms with Crippen molar-refractivity contribution in [2.75, 3.05) is 40.5 Å². The van der Waals surface area contributed by atoms with Crippen LogP contribution in [0.1, 0.15) is 12.5 Å². The van der Waals surface area contributed by atoms with E-state index in [0.717, 1.165) is 19.5 Å². The monoisotopic (exact) mass is 280 g/mol. The molecule has 1 aromatic rings. The van der Waals surface area contributed by atoms with Crippen molar-refractivity contribution in [1.29, 1.82) is 0 Å². The first-order valence-corrected chi connectivity index (χ1v) is 7.18. The Kier molecular flexibility index (Phi) is 8.46. The predicted molar refractivity (Wildman–Crippen MR) is 82.9 cm³/mol. The van der Waals surface area contributed by atoms with E-state index < -0.39 is 0 Å². The molecule has 0 heterocycles. The summed E-state index contributed by atoms with van der Waals surface area (Å²) in [5.41, 5.74) is 7.57. The first kappa shape index (κ1) is 17.1. The number of methoxy groups -OCH3 is 2. The van der Waals surface area contributed by atoms with Gasteiger partial charge in [0.15, 0.2) is 0 Å². The minimum atomic E-state index is 0.119. The van der Waals surface area contributed by atoms with Crippen LogP contribution in [0.5, 0.6) is 0 Å². The van der Waals surface area contributed by atoms with Crippen molar-refractivity contribution in [3.8, 4) is 0 Å². The van der Waals surface area contributed by atoms with E-state index in [1.807, 2.05) is 6.07 Å². The quantitative estimate of drug-likeness (QED) is 0.706. The van der Waals surface area contributed by atoms with Gasteiger partial charge < -0.3 is 15.2 Å². The molecule has 2 unspecified atom stereocenters. The van der Waals surface area contributed by atoms with Crippen LogP contribution in [0.2, 0.25) is 0 Å². The Balaban J connectivity index is 2.50. The molecular formula is C16H28N2O2. The molecule has 4 heteroatoms. The summed E-state index contributed by atoms with van der Waals surface area (Å²) in [4.78, 5) is 2.33. The average Bonchev–Trinajstić information content (AvgIpc) is 2.44. The van der Waals surface area contributed by atoms with Crippen LogP contribution in [0.25, 0.3) is 0 Å². The second-order valence-electron chi connectivity index (χ2n) is 5.24. The van der Waals surface area contributed by atoms with E-state index in [1.54, 1.807) is 14.2 Å². The third-order valence-electron chi connectivity index (χ3n) is 3.42. The van der Waals surface area contributed by atoms with Crippen molar-refractivity contribution in [2.24, 2.45) is 5.73 Å². The molecule has 0 fully saturated rings. The van der Waals surface area contributed by atoms with Crippen molar-refractivity contribution >= 4 is 0 Å². The second kappa shape index (κ2) is 9.88. The molecule has 0 saturated heterocycles. The molecule has 1 rings (SSSR count). The van der Waals surface area contributed by atoms with E-state index in [9.17, 15) is 0 Å². The van der Waals surface area contributed by atoms with Crippen molar-refractivity contribution in [2.45, 2.75) is 25.4 Å². The van der Waals surface area contributed by atoms with Crippen LogP contribution in [0.3, 0.4) is 0 Å². The highest BCUT2D eigenvalue weighted by molar-refractivity contribution is 5.15. The Morgan fingerprint density at radius 2 is 1.85 bits per heavy atom. The summed E-state index contributed by atoms with van der Waals surface area (Å²) >= 11 is 0. The molecule has 1 aromatic carbocycles. The number of nitrogens with two attached hydrogens (primary N) is 1. The van der Waals surface area contributed by atoms with Crippen molar-refractivity contribution in [1.82, 2.24) is 4.90 Å². The summed E-state index contributed by atoms with van der Waals surface area (Å²) in [6, 6.07) is 10.8. The molecule has 20 heavy (non-hydrogen) atoms. The highest BCUT2D eigenvalue weighted by Crippen LogP contribution is 2.06. The molecule has 2 N–H and O–H groups in total. The topological polar surface area (TPSA) is 47.7 Å². The van der Waals surface area contributed by atoms with Gasteiger partial charge in [0, 0.05) is 39.4 Å². The van der Waals surface area contributed by atoms with Crippen LogP contribution in [0.4, 0.5) is 0 Å². The van der Waals surface area contributed by atoms with Crippen molar-refractivity contribution in [3.05, 3.63) is 35.9 Å². The lowest BCUT2D eigenvalue weighted by molar-refractivity contribution is 0.0714. The molecule has 0 aliphatic rings. The first-order chi connectivity index (χ1) is 9.67. The zero-order valence-electron chi connectivity index (χ0n) is 12.9. The Bertz CT molecular complexity index is 346. The summed E-state index contributed by atoms with van der Waals surface area (Å²) in [7, 11) is 3.46. The number of rotatable bonds is 10. The molecule has 0 amide bonds. The summed E-state index contributed by atoms with van der Waals surface area (Å²) in [6.07, 6.45) is 0.893. The lowest BCUT2D eigenvalue weighted by atomic mass is 10.1. The smallest absolute Gasteiger partial charge is 0.0615 e. The van der Waals surface area contributed by atoms with Gasteiger partial charge in [-0.15, -0.1) is 0 Å². The minimum absolute atomic E-state index is 0.119. The third kappa shape index (κ3) is 6.48. The largest absolute Gasteiger partial charge is 0.383 e. The molecule has 0 bridgehead atoms. The summed E-state index contributed by atoms with van der Waals surface area (Å²) in [5, 5.41) is 0. The number of ether oxygens (including phenoxy) is 2. The Labute approximate surface area is 122 Å². The fourth-order valence-corrected chi connectivity index (χ4v) is 2.33. The predicted octanol–water partition coefficient (Wildman–Crippen LogP) is 1.54. The Morgan fingerprint density at radius 1 is 1.15 bits per heavy atom. The Morgan fingerprint density at radius 3 is 2.45 bits per heavy atom. The first-order valence-electron chi connectivity index (χ1n) is 7.18. The molecule has 0 aliphatic heterocycles. The maximum Gasteiger partial charge on any atom is 0.0615 e. The fraction of sp³-hybridized carbons (Fsp3) is 0.625. The molecule has 0 aliphatic carbocycles. The number of benzene rings is 1. The summed E-state index contributed by atoms with van der Waals surface area (Å²) in [5.74, 6) is 0. The van der Waals surface area contributed by atoms with Gasteiger partial charge in [0.25, 0.3) is 0 Å². The van der Waals surface area contributed by atoms with E-state index in [4.69, 9.17) is 15.2 Å². The van der Waals surface area contributed by atoms with Crippen LogP contribution >= 0.6 is 0 Å². The van der Waals surface area contributed by atoms with Gasteiger partial charge in [-0.05, 0) is 18.9 Å². The van der Waals surface area contributed by atoms with Gasteiger partial charge in [0.2, 0.25) is 0 Å². The van der Waals surface area contributed by atoms with Crippen molar-refractivity contribution in [3.63, 3.8) is 0 Å². The summed E-state index contributed by atoms with van der Waals surface area (Å²) in [6.45, 7) is 5.31. The number of hydrogen-bond acceptors (Lipinski definition) is 4. The molecule has 0 spiro atoms. The zero-order chi connectivity index (χ0) is 14.8. The molecule has 0 aromatic heterocycles. The second-order valence-corrected chi connectivity index (χ2v) is 5.24. The van der Waals surface area contributed by atoms with Crippen LogP contribution in [-0.2, 0) is 15.9 Å². The molecule has 0 radical (unpaired) electrons. The van der Waals surface area contributed by atoms with Gasteiger partial charge >= 0.3 is 0 Å². The van der Waals surface area contributed by atoms with Gasteiger partial charge in [-0.2, -0.15) is 0 Å². The van der Waals surface area contributed by atoms with Crippen LogP contribution in [0, 0.1) is 0 Å². The minimum Gasteiger partial charge on any atom is -0.383 e. The fourth-order valence-electron chi connectivity index (χ4n) is 2.33. The van der Waals surface area contributed by atoms with E-state index in [0.29, 0.717) is 19.3 Å². The lowest BCUT2D eigenvalue weighted by Crippen LogP contribution is -2.46. The third-order valence-corrected chi connectivity index (χ3v) is 3.42. The zero-order valence-corrected chi connectivity index (χ0v) is 12.9. The van der Waals surface area contributed by atoms with Gasteiger partial charge in [-0.1, -0.05) is 30.3 Å². The highest BCUT2D eigenvalue weighted by Gasteiger charge is 2.17. The van der Waals surface area contributed by atoms with E-state index >= 15 is 0 Å². The highest BCUT2D eigenvalue weighted by atomic mass is 16.5. The van der Waals surface area contributed by atoms with E-state index in [-0.39, 0.29) is 6.04 Å². The van der Waals surface area contributed by atoms with Crippen LogP contribution < -0.4 is 5.73 Å². The van der Waals surface area contributed by atoms with Crippen LogP contribution in [-0.4, -0.2) is 57.5 Å². The van der Waals surface area contributed by atoms with E-state index in [1.165, 1.54) is 5.56 Å². The maximum atomic E-state index is 6.29. The van der Waals surface area contributed by atoms with E-state index in [2.05, 4.69) is 36.1 Å². The molecule has 4 nitrogen and oxygen atoms in total. The SMILES string of the molecule is COCCN(CC(N)Cc1ccccc1)C(C)COC. The van der Waals surface area contributed by atoms with Crippen LogP contribution in [0.15, 0.2) is 30.3 Å². The normalized spacial score (nSPS) is 14.4.